The Bertz CT molecular complexity index is 650. The van der Waals surface area contributed by atoms with Crippen LogP contribution in [0, 0.1) is 0 Å². The van der Waals surface area contributed by atoms with Crippen LogP contribution in [0.15, 0.2) is 0 Å². The second-order valence-electron chi connectivity index (χ2n) is 10.5. The lowest BCUT2D eigenvalue weighted by molar-refractivity contribution is -0.147. The summed E-state index contributed by atoms with van der Waals surface area (Å²) in [6.45, 7) is 12.6. The van der Waals surface area contributed by atoms with Crippen LogP contribution in [0.3, 0.4) is 0 Å². The average Bonchev–Trinajstić information content (AvgIpc) is 3.35. The first-order chi connectivity index (χ1) is 14.2. The van der Waals surface area contributed by atoms with Crippen LogP contribution < -0.4 is 11.1 Å². The number of esters is 1. The van der Waals surface area contributed by atoms with E-state index in [0.29, 0.717) is 25.9 Å². The van der Waals surface area contributed by atoms with Crippen LogP contribution in [0.4, 0.5) is 9.59 Å². The largest absolute Gasteiger partial charge is 0.465 e. The Balaban J connectivity index is 2.11. The first-order valence-corrected chi connectivity index (χ1v) is 11.1. The molecule has 0 aromatic rings. The van der Waals surface area contributed by atoms with Crippen molar-refractivity contribution < 1.29 is 28.6 Å². The van der Waals surface area contributed by atoms with Crippen molar-refractivity contribution in [3.05, 3.63) is 0 Å². The minimum Gasteiger partial charge on any atom is -0.465 e. The van der Waals surface area contributed by atoms with Gasteiger partial charge in [-0.25, -0.2) is 14.5 Å². The molecular weight excluding hydrogens is 402 g/mol. The van der Waals surface area contributed by atoms with Gasteiger partial charge in [-0.3, -0.25) is 10.1 Å². The number of hydrogen-bond acceptors (Lipinski definition) is 8. The topological polar surface area (TPSA) is 120 Å². The maximum Gasteiger partial charge on any atom is 0.420 e. The van der Waals surface area contributed by atoms with Crippen LogP contribution in [-0.2, 0) is 19.0 Å². The molecule has 2 aliphatic carbocycles. The maximum absolute atomic E-state index is 12.9. The van der Waals surface area contributed by atoms with E-state index in [1.807, 2.05) is 0 Å². The zero-order valence-electron chi connectivity index (χ0n) is 19.9. The second kappa shape index (κ2) is 9.32. The minimum atomic E-state index is -0.766. The van der Waals surface area contributed by atoms with E-state index >= 15 is 0 Å². The van der Waals surface area contributed by atoms with E-state index in [9.17, 15) is 14.4 Å². The molecule has 0 saturated heterocycles. The van der Waals surface area contributed by atoms with Crippen LogP contribution in [0.5, 0.6) is 0 Å². The summed E-state index contributed by atoms with van der Waals surface area (Å²) in [5.41, 5.74) is 4.28. The molecule has 0 radical (unpaired) electrons. The number of nitrogens with two attached hydrogens (primary N) is 1. The molecule has 9 heteroatoms. The Hall–Kier alpha value is -1.87. The van der Waals surface area contributed by atoms with Crippen molar-refractivity contribution in [1.82, 2.24) is 10.2 Å². The van der Waals surface area contributed by atoms with Gasteiger partial charge in [-0.05, 0) is 80.6 Å². The van der Waals surface area contributed by atoms with Crippen molar-refractivity contribution >= 4 is 18.2 Å². The van der Waals surface area contributed by atoms with Gasteiger partial charge in [0.25, 0.3) is 0 Å². The number of nitrogens with one attached hydrogen (secondary N) is 1. The van der Waals surface area contributed by atoms with Crippen molar-refractivity contribution in [3.63, 3.8) is 0 Å². The van der Waals surface area contributed by atoms with Crippen LogP contribution in [0.1, 0.15) is 80.6 Å². The summed E-state index contributed by atoms with van der Waals surface area (Å²) in [5, 5.41) is 3.41. The third kappa shape index (κ3) is 7.07. The van der Waals surface area contributed by atoms with Gasteiger partial charge in [-0.2, -0.15) is 0 Å². The van der Waals surface area contributed by atoms with Gasteiger partial charge in [0.1, 0.15) is 16.7 Å². The number of ether oxygens (including phenoxy) is 3. The smallest absolute Gasteiger partial charge is 0.420 e. The molecule has 2 saturated carbocycles. The molecule has 0 aliphatic heterocycles. The fourth-order valence-electron chi connectivity index (χ4n) is 3.80. The van der Waals surface area contributed by atoms with Crippen molar-refractivity contribution in [2.45, 2.75) is 115 Å². The molecule has 3 atom stereocenters. The number of carbonyl (C=O) groups excluding carboxylic acids is 3. The fourth-order valence-corrected chi connectivity index (χ4v) is 3.80. The molecule has 2 aliphatic rings. The van der Waals surface area contributed by atoms with E-state index in [1.165, 1.54) is 0 Å². The van der Waals surface area contributed by atoms with Crippen LogP contribution in [0.25, 0.3) is 0 Å². The Kier molecular flexibility index (Phi) is 7.63. The maximum atomic E-state index is 12.9. The molecule has 31 heavy (non-hydrogen) atoms. The quantitative estimate of drug-likeness (QED) is 0.493. The summed E-state index contributed by atoms with van der Waals surface area (Å²) in [7, 11) is 0. The number of rotatable bonds is 5. The Morgan fingerprint density at radius 3 is 1.90 bits per heavy atom. The van der Waals surface area contributed by atoms with E-state index in [0.717, 1.165) is 17.7 Å². The lowest BCUT2D eigenvalue weighted by Crippen LogP contribution is -2.60. The van der Waals surface area contributed by atoms with Gasteiger partial charge in [-0.15, -0.1) is 0 Å². The summed E-state index contributed by atoms with van der Waals surface area (Å²) in [5.74, 6) is -0.227. The molecule has 2 fully saturated rings. The van der Waals surface area contributed by atoms with Crippen molar-refractivity contribution in [2.24, 2.45) is 5.73 Å². The van der Waals surface area contributed by atoms with E-state index in [1.54, 1.807) is 48.5 Å². The molecule has 0 aromatic carbocycles. The Labute approximate surface area is 185 Å². The molecule has 0 heterocycles. The molecule has 2 rings (SSSR count). The van der Waals surface area contributed by atoms with Gasteiger partial charge in [0.05, 0.1) is 12.6 Å². The number of hydrogen-bond donors (Lipinski definition) is 2. The van der Waals surface area contributed by atoms with E-state index < -0.39 is 41.0 Å². The number of nitrogens with zero attached hydrogens (tertiary/aromatic N) is 1. The predicted molar refractivity (Wildman–Crippen MR) is 115 cm³/mol. The first kappa shape index (κ1) is 25.4. The van der Waals surface area contributed by atoms with E-state index in [4.69, 9.17) is 19.9 Å². The zero-order valence-corrected chi connectivity index (χ0v) is 19.9. The molecule has 0 bridgehead atoms. The summed E-state index contributed by atoms with van der Waals surface area (Å²) in [6.07, 6.45) is 1.59. The third-order valence-corrected chi connectivity index (χ3v) is 5.27. The Morgan fingerprint density at radius 1 is 1.00 bits per heavy atom. The highest BCUT2D eigenvalue weighted by Crippen LogP contribution is 2.39. The molecule has 9 nitrogen and oxygen atoms in total. The van der Waals surface area contributed by atoms with Crippen molar-refractivity contribution in [2.75, 3.05) is 6.61 Å². The van der Waals surface area contributed by atoms with Gasteiger partial charge < -0.3 is 19.9 Å². The fraction of sp³-hybridized carbons (Fsp3) is 0.864. The SMILES string of the molecule is CCOC(=O)C1(NC2CC[C@@H](N(C(=O)OC(C)(C)C)C(=O)OC(C)(C)C)[C@@H](N)C2)CC1. The van der Waals surface area contributed by atoms with Crippen LogP contribution >= 0.6 is 0 Å². The van der Waals surface area contributed by atoms with Gasteiger partial charge >= 0.3 is 18.2 Å². The molecule has 1 unspecified atom stereocenters. The molecule has 0 spiro atoms. The van der Waals surface area contributed by atoms with Gasteiger partial charge in [-0.1, -0.05) is 0 Å². The standard InChI is InChI=1S/C22H39N3O6/c1-8-29-17(26)22(11-12-22)24-14-9-10-16(15(23)13-14)25(18(27)30-20(2,3)4)19(28)31-21(5,6)7/h14-16,24H,8-13,23H2,1-7H3/t14?,15-,16+/m0/s1. The number of carbonyl (C=O) groups is 3. The van der Waals surface area contributed by atoms with E-state index in [-0.39, 0.29) is 12.0 Å². The highest BCUT2D eigenvalue weighted by Gasteiger charge is 2.53. The van der Waals surface area contributed by atoms with Gasteiger partial charge in [0.15, 0.2) is 0 Å². The van der Waals surface area contributed by atoms with E-state index in [2.05, 4.69) is 5.32 Å². The predicted octanol–water partition coefficient (Wildman–Crippen LogP) is 3.09. The molecule has 2 amide bonds. The first-order valence-electron chi connectivity index (χ1n) is 11.1. The van der Waals surface area contributed by atoms with Gasteiger partial charge in [0, 0.05) is 12.1 Å². The summed E-state index contributed by atoms with van der Waals surface area (Å²) in [6, 6.07) is -1.04. The summed E-state index contributed by atoms with van der Waals surface area (Å²) < 4.78 is 16.1. The molecule has 3 N–H and O–H groups in total. The summed E-state index contributed by atoms with van der Waals surface area (Å²) in [4.78, 5) is 39.0. The zero-order chi connectivity index (χ0) is 23.6. The average molecular weight is 442 g/mol. The van der Waals surface area contributed by atoms with Crippen molar-refractivity contribution in [1.29, 1.82) is 0 Å². The van der Waals surface area contributed by atoms with Crippen LogP contribution in [-0.4, -0.2) is 64.5 Å². The number of amides is 2. The summed E-state index contributed by atoms with van der Waals surface area (Å²) >= 11 is 0. The molecule has 0 aromatic heterocycles. The lowest BCUT2D eigenvalue weighted by atomic mass is 9.86. The van der Waals surface area contributed by atoms with Gasteiger partial charge in [0.2, 0.25) is 0 Å². The second-order valence-corrected chi connectivity index (χ2v) is 10.5. The lowest BCUT2D eigenvalue weighted by Gasteiger charge is -2.41. The third-order valence-electron chi connectivity index (χ3n) is 5.27. The highest BCUT2D eigenvalue weighted by atomic mass is 16.6. The minimum absolute atomic E-state index is 0.00252. The monoisotopic (exact) mass is 441 g/mol. The molecular formula is C22H39N3O6. The normalized spacial score (nSPS) is 25.4. The Morgan fingerprint density at radius 2 is 1.52 bits per heavy atom. The number of imide groups is 1. The van der Waals surface area contributed by atoms with Crippen molar-refractivity contribution in [3.8, 4) is 0 Å². The van der Waals surface area contributed by atoms with Crippen LogP contribution in [0.2, 0.25) is 0 Å². The molecule has 178 valence electrons. The highest BCUT2D eigenvalue weighted by molar-refractivity contribution is 5.88.